The molecule has 0 amide bonds. The van der Waals surface area contributed by atoms with E-state index in [4.69, 9.17) is 0 Å². The van der Waals surface area contributed by atoms with Crippen molar-refractivity contribution in [1.29, 1.82) is 0 Å². The highest BCUT2D eigenvalue weighted by Crippen LogP contribution is 2.42. The van der Waals surface area contributed by atoms with Crippen LogP contribution in [0.2, 0.25) is 0 Å². The fraction of sp³-hybridized carbons (Fsp3) is 0.214. The molecule has 0 saturated carbocycles. The van der Waals surface area contributed by atoms with Crippen molar-refractivity contribution in [1.82, 2.24) is 4.98 Å². The molecule has 1 atom stereocenters. The second-order valence-electron chi connectivity index (χ2n) is 4.45. The van der Waals surface area contributed by atoms with Gasteiger partial charge in [0, 0.05) is 5.56 Å². The molecule has 1 aromatic carbocycles. The average Bonchev–Trinajstić information content (AvgIpc) is 2.71. The van der Waals surface area contributed by atoms with Crippen LogP contribution in [-0.4, -0.2) is 16.4 Å². The molecular weight excluding hydrogens is 268 g/mol. The van der Waals surface area contributed by atoms with E-state index in [1.165, 1.54) is 12.1 Å². The van der Waals surface area contributed by atoms with Crippen LogP contribution in [0.1, 0.15) is 18.7 Å². The van der Waals surface area contributed by atoms with Gasteiger partial charge in [0.1, 0.15) is 0 Å². The number of hydrogen-bond donors (Lipinski definition) is 1. The molecule has 20 heavy (non-hydrogen) atoms. The summed E-state index contributed by atoms with van der Waals surface area (Å²) in [4.78, 5) is 4.27. The molecule has 0 fully saturated rings. The van der Waals surface area contributed by atoms with Gasteiger partial charge in [-0.3, -0.25) is 4.98 Å². The summed E-state index contributed by atoms with van der Waals surface area (Å²) in [5.41, 5.74) is 1.67. The third-order valence-corrected chi connectivity index (χ3v) is 2.90. The first-order chi connectivity index (χ1) is 9.44. The zero-order valence-corrected chi connectivity index (χ0v) is 10.5. The number of benzene rings is 1. The minimum Gasteiger partial charge on any atom is -0.395 e. The molecule has 1 aromatic heterocycles. The number of nitrogens with zero attached hydrogens (tertiary/aromatic N) is 1. The molecule has 1 unspecified atom stereocenters. The number of ether oxygens (including phenoxy) is 2. The fourth-order valence-corrected chi connectivity index (χ4v) is 1.95. The molecule has 3 rings (SSSR count). The Bertz CT molecular complexity index is 659. The number of aliphatic hydroxyl groups is 1. The van der Waals surface area contributed by atoms with Crippen molar-refractivity contribution in [2.45, 2.75) is 19.3 Å². The van der Waals surface area contributed by atoms with Crippen LogP contribution in [0.5, 0.6) is 11.5 Å². The molecule has 1 aliphatic heterocycles. The van der Waals surface area contributed by atoms with E-state index in [1.807, 2.05) is 0 Å². The first kappa shape index (κ1) is 12.8. The Morgan fingerprint density at radius 2 is 1.90 bits per heavy atom. The van der Waals surface area contributed by atoms with E-state index in [0.29, 0.717) is 17.0 Å². The van der Waals surface area contributed by atoms with Gasteiger partial charge in [0.2, 0.25) is 0 Å². The molecule has 0 radical (unpaired) electrons. The van der Waals surface area contributed by atoms with E-state index in [1.54, 1.807) is 31.2 Å². The lowest BCUT2D eigenvalue weighted by atomic mass is 10.1. The van der Waals surface area contributed by atoms with Crippen molar-refractivity contribution >= 4 is 0 Å². The average molecular weight is 279 g/mol. The highest BCUT2D eigenvalue weighted by Gasteiger charge is 2.43. The molecule has 6 heteroatoms. The second-order valence-corrected chi connectivity index (χ2v) is 4.45. The van der Waals surface area contributed by atoms with Gasteiger partial charge in [-0.05, 0) is 37.3 Å². The van der Waals surface area contributed by atoms with Gasteiger partial charge in [-0.25, -0.2) is 0 Å². The summed E-state index contributed by atoms with van der Waals surface area (Å²) >= 11 is 0. The summed E-state index contributed by atoms with van der Waals surface area (Å²) in [7, 11) is 0. The molecule has 1 N–H and O–H groups in total. The summed E-state index contributed by atoms with van der Waals surface area (Å²) in [5.74, 6) is -0.0396. The number of alkyl halides is 2. The van der Waals surface area contributed by atoms with Crippen LogP contribution >= 0.6 is 0 Å². The highest BCUT2D eigenvalue weighted by molar-refractivity contribution is 5.64. The van der Waals surface area contributed by atoms with E-state index < -0.39 is 12.4 Å². The summed E-state index contributed by atoms with van der Waals surface area (Å²) in [6.07, 6.45) is -4.33. The summed E-state index contributed by atoms with van der Waals surface area (Å²) in [6, 6.07) is 9.60. The third-order valence-electron chi connectivity index (χ3n) is 2.90. The molecule has 4 nitrogen and oxygen atoms in total. The first-order valence-corrected chi connectivity index (χ1v) is 6.00. The Morgan fingerprint density at radius 1 is 1.15 bits per heavy atom. The van der Waals surface area contributed by atoms with Crippen molar-refractivity contribution in [2.75, 3.05) is 0 Å². The van der Waals surface area contributed by atoms with Gasteiger partial charge in [-0.15, -0.1) is 8.78 Å². The number of aromatic nitrogens is 1. The molecule has 0 bridgehead atoms. The summed E-state index contributed by atoms with van der Waals surface area (Å²) < 4.78 is 34.6. The molecule has 0 aliphatic carbocycles. The van der Waals surface area contributed by atoms with Crippen LogP contribution in [0.3, 0.4) is 0 Å². The van der Waals surface area contributed by atoms with E-state index in [-0.39, 0.29) is 11.5 Å². The normalized spacial score (nSPS) is 17.0. The Balaban J connectivity index is 1.99. The molecule has 0 spiro atoms. The van der Waals surface area contributed by atoms with Crippen LogP contribution in [0, 0.1) is 0 Å². The maximum Gasteiger partial charge on any atom is 0.586 e. The SMILES string of the molecule is CC(O)c1cccc(-c2ccc3c(c2)OC(F)(F)O3)n1. The lowest BCUT2D eigenvalue weighted by Gasteiger charge is -2.07. The summed E-state index contributed by atoms with van der Waals surface area (Å²) in [6.45, 7) is 1.60. The van der Waals surface area contributed by atoms with Crippen molar-refractivity contribution in [3.63, 3.8) is 0 Å². The van der Waals surface area contributed by atoms with Crippen LogP contribution in [0.4, 0.5) is 8.78 Å². The Hall–Kier alpha value is -2.21. The highest BCUT2D eigenvalue weighted by atomic mass is 19.3. The topological polar surface area (TPSA) is 51.6 Å². The zero-order chi connectivity index (χ0) is 14.3. The van der Waals surface area contributed by atoms with Gasteiger partial charge >= 0.3 is 6.29 Å². The maximum atomic E-state index is 12.9. The molecule has 2 aromatic rings. The lowest BCUT2D eigenvalue weighted by molar-refractivity contribution is -0.286. The second kappa shape index (κ2) is 4.42. The predicted octanol–water partition coefficient (Wildman–Crippen LogP) is 3.12. The van der Waals surface area contributed by atoms with Crippen molar-refractivity contribution in [3.8, 4) is 22.8 Å². The van der Waals surface area contributed by atoms with Gasteiger partial charge in [-0.1, -0.05) is 6.07 Å². The number of hydrogen-bond acceptors (Lipinski definition) is 4. The van der Waals surface area contributed by atoms with Gasteiger partial charge in [0.05, 0.1) is 17.5 Å². The van der Waals surface area contributed by atoms with E-state index in [9.17, 15) is 13.9 Å². The monoisotopic (exact) mass is 279 g/mol. The number of pyridine rings is 1. The van der Waals surface area contributed by atoms with Gasteiger partial charge in [-0.2, -0.15) is 0 Å². The first-order valence-electron chi connectivity index (χ1n) is 6.00. The molecule has 104 valence electrons. The Labute approximate surface area is 113 Å². The van der Waals surface area contributed by atoms with Crippen LogP contribution in [0.25, 0.3) is 11.3 Å². The van der Waals surface area contributed by atoms with Gasteiger partial charge < -0.3 is 14.6 Å². The smallest absolute Gasteiger partial charge is 0.395 e. The van der Waals surface area contributed by atoms with Crippen molar-refractivity contribution < 1.29 is 23.4 Å². The third kappa shape index (κ3) is 2.30. The van der Waals surface area contributed by atoms with Crippen LogP contribution in [0.15, 0.2) is 36.4 Å². The lowest BCUT2D eigenvalue weighted by Crippen LogP contribution is -2.25. The van der Waals surface area contributed by atoms with Crippen molar-refractivity contribution in [3.05, 3.63) is 42.1 Å². The molecule has 2 heterocycles. The van der Waals surface area contributed by atoms with E-state index in [0.717, 1.165) is 0 Å². The number of halogens is 2. The maximum absolute atomic E-state index is 12.9. The van der Waals surface area contributed by atoms with Gasteiger partial charge in [0.25, 0.3) is 0 Å². The number of aliphatic hydroxyl groups excluding tert-OH is 1. The molecule has 0 saturated heterocycles. The minimum absolute atomic E-state index is 0.00886. The van der Waals surface area contributed by atoms with E-state index in [2.05, 4.69) is 14.5 Å². The summed E-state index contributed by atoms with van der Waals surface area (Å²) in [5, 5.41) is 9.51. The quantitative estimate of drug-likeness (QED) is 0.917. The largest absolute Gasteiger partial charge is 0.586 e. The van der Waals surface area contributed by atoms with Crippen molar-refractivity contribution in [2.24, 2.45) is 0 Å². The molecule has 1 aliphatic rings. The van der Waals surface area contributed by atoms with Crippen LogP contribution in [-0.2, 0) is 0 Å². The Kier molecular flexibility index (Phi) is 2.83. The Morgan fingerprint density at radius 3 is 2.65 bits per heavy atom. The van der Waals surface area contributed by atoms with E-state index >= 15 is 0 Å². The number of fused-ring (bicyclic) bond motifs is 1. The number of rotatable bonds is 2. The molecular formula is C14H11F2NO3. The minimum atomic E-state index is -3.63. The predicted molar refractivity (Wildman–Crippen MR) is 66.5 cm³/mol. The standard InChI is InChI=1S/C14H11F2NO3/c1-8(18)10-3-2-4-11(17-10)9-5-6-12-13(7-9)20-14(15,16)19-12/h2-8,18H,1H3. The fourth-order valence-electron chi connectivity index (χ4n) is 1.95. The van der Waals surface area contributed by atoms with Crippen LogP contribution < -0.4 is 9.47 Å². The van der Waals surface area contributed by atoms with Gasteiger partial charge in [0.15, 0.2) is 11.5 Å². The zero-order valence-electron chi connectivity index (χ0n) is 10.5.